The normalized spacial score (nSPS) is 10.3. The lowest BCUT2D eigenvalue weighted by Gasteiger charge is -2.14. The molecular formula is C16H15BrN2O. The molecule has 0 aliphatic heterocycles. The molecule has 2 aromatic rings. The van der Waals surface area contributed by atoms with E-state index in [-0.39, 0.29) is 0 Å². The van der Waals surface area contributed by atoms with Crippen molar-refractivity contribution < 1.29 is 4.74 Å². The van der Waals surface area contributed by atoms with E-state index in [2.05, 4.69) is 40.8 Å². The molecule has 0 aliphatic carbocycles. The second kappa shape index (κ2) is 6.53. The van der Waals surface area contributed by atoms with Crippen LogP contribution in [-0.4, -0.2) is 4.98 Å². The van der Waals surface area contributed by atoms with Crippen molar-refractivity contribution in [2.45, 2.75) is 26.4 Å². The molecule has 1 heterocycles. The van der Waals surface area contributed by atoms with Crippen LogP contribution in [0.4, 0.5) is 0 Å². The van der Waals surface area contributed by atoms with Crippen LogP contribution in [0.3, 0.4) is 0 Å². The molecule has 0 bridgehead atoms. The Labute approximate surface area is 127 Å². The summed E-state index contributed by atoms with van der Waals surface area (Å²) in [7, 11) is 0. The van der Waals surface area contributed by atoms with E-state index in [1.54, 1.807) is 12.3 Å². The van der Waals surface area contributed by atoms with E-state index < -0.39 is 0 Å². The van der Waals surface area contributed by atoms with E-state index in [9.17, 15) is 0 Å². The van der Waals surface area contributed by atoms with Crippen LogP contribution in [0.2, 0.25) is 0 Å². The fourth-order valence-corrected chi connectivity index (χ4v) is 2.27. The zero-order valence-electron chi connectivity index (χ0n) is 11.4. The van der Waals surface area contributed by atoms with Gasteiger partial charge in [-0.1, -0.05) is 29.8 Å². The number of hydrogen-bond acceptors (Lipinski definition) is 3. The highest BCUT2D eigenvalue weighted by molar-refractivity contribution is 9.10. The molecule has 1 aromatic heterocycles. The van der Waals surface area contributed by atoms with Gasteiger partial charge in [-0.25, -0.2) is 4.98 Å². The molecule has 0 atom stereocenters. The summed E-state index contributed by atoms with van der Waals surface area (Å²) in [5.41, 5.74) is 2.51. The van der Waals surface area contributed by atoms with Gasteiger partial charge in [-0.05, 0) is 47.4 Å². The molecule has 102 valence electrons. The Morgan fingerprint density at radius 3 is 2.80 bits per heavy atom. The van der Waals surface area contributed by atoms with Gasteiger partial charge in [0.05, 0.1) is 0 Å². The van der Waals surface area contributed by atoms with Crippen LogP contribution < -0.4 is 4.74 Å². The number of nitrogens with zero attached hydrogens (tertiary/aromatic N) is 2. The van der Waals surface area contributed by atoms with Gasteiger partial charge in [0, 0.05) is 10.7 Å². The second-order valence-corrected chi connectivity index (χ2v) is 5.70. The highest BCUT2D eigenvalue weighted by Gasteiger charge is 2.09. The second-order valence-electron chi connectivity index (χ2n) is 4.79. The molecule has 0 saturated heterocycles. The topological polar surface area (TPSA) is 45.9 Å². The number of halogens is 1. The zero-order valence-corrected chi connectivity index (χ0v) is 13.0. The SMILES string of the molecule is CC(C)c1cc(Br)ccc1OCc1ccnc(C#N)c1. The average molecular weight is 331 g/mol. The summed E-state index contributed by atoms with van der Waals surface area (Å²) in [4.78, 5) is 3.95. The number of benzene rings is 1. The summed E-state index contributed by atoms with van der Waals surface area (Å²) in [5.74, 6) is 1.26. The van der Waals surface area contributed by atoms with Crippen LogP contribution in [0.25, 0.3) is 0 Å². The summed E-state index contributed by atoms with van der Waals surface area (Å²) in [6.07, 6.45) is 1.63. The lowest BCUT2D eigenvalue weighted by atomic mass is 10.0. The maximum atomic E-state index is 8.84. The van der Waals surface area contributed by atoms with Crippen molar-refractivity contribution in [2.24, 2.45) is 0 Å². The first-order valence-electron chi connectivity index (χ1n) is 6.37. The predicted octanol–water partition coefficient (Wildman–Crippen LogP) is 4.42. The van der Waals surface area contributed by atoms with Crippen molar-refractivity contribution in [3.8, 4) is 11.8 Å². The minimum absolute atomic E-state index is 0.384. The molecule has 3 nitrogen and oxygen atoms in total. The first kappa shape index (κ1) is 14.5. The van der Waals surface area contributed by atoms with Gasteiger partial charge < -0.3 is 4.74 Å². The third kappa shape index (κ3) is 3.58. The Morgan fingerprint density at radius 2 is 2.10 bits per heavy atom. The molecule has 0 fully saturated rings. The fraction of sp³-hybridized carbons (Fsp3) is 0.250. The molecule has 0 spiro atoms. The van der Waals surface area contributed by atoms with Crippen molar-refractivity contribution >= 4 is 15.9 Å². The average Bonchev–Trinajstić information content (AvgIpc) is 2.46. The molecule has 20 heavy (non-hydrogen) atoms. The molecule has 0 radical (unpaired) electrons. The maximum absolute atomic E-state index is 8.84. The molecule has 0 N–H and O–H groups in total. The van der Waals surface area contributed by atoms with Crippen LogP contribution in [0.15, 0.2) is 41.0 Å². The van der Waals surface area contributed by atoms with E-state index in [1.807, 2.05) is 24.3 Å². The first-order chi connectivity index (χ1) is 9.60. The van der Waals surface area contributed by atoms with Crippen LogP contribution in [0, 0.1) is 11.3 Å². The summed E-state index contributed by atoms with van der Waals surface area (Å²) in [5, 5.41) is 8.84. The van der Waals surface area contributed by atoms with Gasteiger partial charge in [-0.15, -0.1) is 0 Å². The van der Waals surface area contributed by atoms with E-state index in [0.29, 0.717) is 18.2 Å². The summed E-state index contributed by atoms with van der Waals surface area (Å²) >= 11 is 3.48. The van der Waals surface area contributed by atoms with E-state index >= 15 is 0 Å². The van der Waals surface area contributed by atoms with E-state index in [1.165, 1.54) is 0 Å². The van der Waals surface area contributed by atoms with Gasteiger partial charge in [0.15, 0.2) is 0 Å². The minimum atomic E-state index is 0.384. The molecule has 4 heteroatoms. The van der Waals surface area contributed by atoms with Gasteiger partial charge in [0.1, 0.15) is 24.1 Å². The number of pyridine rings is 1. The van der Waals surface area contributed by atoms with E-state index in [0.717, 1.165) is 21.3 Å². The highest BCUT2D eigenvalue weighted by atomic mass is 79.9. The minimum Gasteiger partial charge on any atom is -0.489 e. The summed E-state index contributed by atoms with van der Waals surface area (Å²) in [6.45, 7) is 4.70. The Bertz CT molecular complexity index is 647. The monoisotopic (exact) mass is 330 g/mol. The molecule has 0 unspecified atom stereocenters. The van der Waals surface area contributed by atoms with Gasteiger partial charge in [-0.3, -0.25) is 0 Å². The summed E-state index contributed by atoms with van der Waals surface area (Å²) < 4.78 is 6.93. The lowest BCUT2D eigenvalue weighted by molar-refractivity contribution is 0.301. The smallest absolute Gasteiger partial charge is 0.140 e. The third-order valence-corrected chi connectivity index (χ3v) is 3.42. The van der Waals surface area contributed by atoms with Crippen LogP contribution in [0.1, 0.15) is 36.6 Å². The molecule has 0 saturated carbocycles. The van der Waals surface area contributed by atoms with Crippen LogP contribution in [-0.2, 0) is 6.61 Å². The number of hydrogen-bond donors (Lipinski definition) is 0. The predicted molar refractivity (Wildman–Crippen MR) is 81.5 cm³/mol. The Hall–Kier alpha value is -1.86. The maximum Gasteiger partial charge on any atom is 0.140 e. The van der Waals surface area contributed by atoms with Crippen molar-refractivity contribution in [1.29, 1.82) is 5.26 Å². The lowest BCUT2D eigenvalue weighted by Crippen LogP contribution is -2.00. The van der Waals surface area contributed by atoms with Crippen molar-refractivity contribution in [1.82, 2.24) is 4.98 Å². The number of ether oxygens (including phenoxy) is 1. The third-order valence-electron chi connectivity index (χ3n) is 2.93. The molecular weight excluding hydrogens is 316 g/mol. The van der Waals surface area contributed by atoms with Crippen molar-refractivity contribution in [2.75, 3.05) is 0 Å². The molecule has 0 aliphatic rings. The largest absolute Gasteiger partial charge is 0.489 e. The Balaban J connectivity index is 2.16. The van der Waals surface area contributed by atoms with Crippen LogP contribution in [0.5, 0.6) is 5.75 Å². The van der Waals surface area contributed by atoms with Gasteiger partial charge >= 0.3 is 0 Å². The van der Waals surface area contributed by atoms with Gasteiger partial charge in [0.2, 0.25) is 0 Å². The number of aromatic nitrogens is 1. The van der Waals surface area contributed by atoms with Crippen LogP contribution >= 0.6 is 15.9 Å². The molecule has 2 rings (SSSR count). The Morgan fingerprint density at radius 1 is 1.30 bits per heavy atom. The zero-order chi connectivity index (χ0) is 14.5. The quantitative estimate of drug-likeness (QED) is 0.833. The van der Waals surface area contributed by atoms with E-state index in [4.69, 9.17) is 10.00 Å². The standard InChI is InChI=1S/C16H15BrN2O/c1-11(2)15-8-13(17)3-4-16(15)20-10-12-5-6-19-14(7-12)9-18/h3-8,11H,10H2,1-2H3. The van der Waals surface area contributed by atoms with Crippen molar-refractivity contribution in [3.05, 3.63) is 57.8 Å². The molecule has 0 amide bonds. The fourth-order valence-electron chi connectivity index (χ4n) is 1.89. The number of rotatable bonds is 4. The summed E-state index contributed by atoms with van der Waals surface area (Å²) in [6, 6.07) is 11.6. The Kier molecular flexibility index (Phi) is 4.75. The van der Waals surface area contributed by atoms with Gasteiger partial charge in [-0.2, -0.15) is 5.26 Å². The molecule has 1 aromatic carbocycles. The highest BCUT2D eigenvalue weighted by Crippen LogP contribution is 2.30. The van der Waals surface area contributed by atoms with Crippen molar-refractivity contribution in [3.63, 3.8) is 0 Å². The van der Waals surface area contributed by atoms with Gasteiger partial charge in [0.25, 0.3) is 0 Å². The number of nitriles is 1. The first-order valence-corrected chi connectivity index (χ1v) is 7.16.